The Morgan fingerprint density at radius 2 is 1.85 bits per heavy atom. The lowest BCUT2D eigenvalue weighted by molar-refractivity contribution is -0.144. The molecular weight excluding hydrogens is 603 g/mol. The molecular formula is C25H28Cl2N4O7S2. The molecule has 2 aromatic carbocycles. The lowest BCUT2D eigenvalue weighted by Crippen LogP contribution is -2.47. The van der Waals surface area contributed by atoms with Gasteiger partial charge in [-0.05, 0) is 47.3 Å². The van der Waals surface area contributed by atoms with Crippen LogP contribution in [0.3, 0.4) is 0 Å². The minimum absolute atomic E-state index is 0.0979. The number of anilines is 1. The van der Waals surface area contributed by atoms with E-state index in [1.165, 1.54) is 42.3 Å². The zero-order valence-electron chi connectivity index (χ0n) is 21.3. The number of nitrogens with two attached hydrogens (primary N) is 2. The summed E-state index contributed by atoms with van der Waals surface area (Å²) >= 11 is 13.4. The molecule has 0 saturated carbocycles. The second kappa shape index (κ2) is 14.1. The fraction of sp³-hybridized carbons (Fsp3) is 0.280. The van der Waals surface area contributed by atoms with Crippen LogP contribution in [0.2, 0.25) is 10.0 Å². The molecule has 0 bridgehead atoms. The Kier molecular flexibility index (Phi) is 11.2. The number of carbonyl (C=O) groups is 2. The Balaban J connectivity index is 0.00000103. The predicted octanol–water partition coefficient (Wildman–Crippen LogP) is 2.98. The molecule has 6 N–H and O–H groups in total. The number of amides is 1. The van der Waals surface area contributed by atoms with E-state index >= 15 is 0 Å². The maximum atomic E-state index is 13.4. The summed E-state index contributed by atoms with van der Waals surface area (Å²) in [5.74, 6) is -1.37. The number of carboxylic acid groups (broad SMARTS) is 1. The lowest BCUT2D eigenvalue weighted by atomic mass is 10.1. The van der Waals surface area contributed by atoms with E-state index < -0.39 is 27.8 Å². The molecule has 0 aliphatic carbocycles. The van der Waals surface area contributed by atoms with Crippen LogP contribution in [0.15, 0.2) is 52.7 Å². The van der Waals surface area contributed by atoms with E-state index in [0.29, 0.717) is 35.1 Å². The molecule has 3 aromatic rings. The van der Waals surface area contributed by atoms with Crippen LogP contribution in [0.25, 0.3) is 0 Å². The third kappa shape index (κ3) is 7.63. The van der Waals surface area contributed by atoms with E-state index in [0.717, 1.165) is 11.3 Å². The molecule has 1 aromatic heterocycles. The van der Waals surface area contributed by atoms with Gasteiger partial charge < -0.3 is 26.0 Å². The number of aliphatic carboxylic acids is 1. The van der Waals surface area contributed by atoms with Crippen LogP contribution in [0.1, 0.15) is 15.2 Å². The van der Waals surface area contributed by atoms with Crippen molar-refractivity contribution in [1.29, 1.82) is 0 Å². The van der Waals surface area contributed by atoms with Crippen molar-refractivity contribution < 1.29 is 32.6 Å². The van der Waals surface area contributed by atoms with Gasteiger partial charge in [-0.25, -0.2) is 13.2 Å². The fourth-order valence-electron chi connectivity index (χ4n) is 3.52. The quantitative estimate of drug-likeness (QED) is 0.275. The van der Waals surface area contributed by atoms with Crippen molar-refractivity contribution in [2.45, 2.75) is 17.5 Å². The summed E-state index contributed by atoms with van der Waals surface area (Å²) in [6.45, 7) is 1.07. The molecule has 216 valence electrons. The summed E-state index contributed by atoms with van der Waals surface area (Å²) in [7, 11) is -2.13. The van der Waals surface area contributed by atoms with E-state index in [9.17, 15) is 23.1 Å². The molecule has 1 unspecified atom stereocenters. The van der Waals surface area contributed by atoms with Crippen molar-refractivity contribution >= 4 is 61.9 Å². The number of thiophene rings is 1. The molecule has 4 rings (SSSR count). The van der Waals surface area contributed by atoms with E-state index in [1.54, 1.807) is 17.5 Å². The Bertz CT molecular complexity index is 1450. The summed E-state index contributed by atoms with van der Waals surface area (Å²) < 4.78 is 35.8. The molecule has 0 spiro atoms. The van der Waals surface area contributed by atoms with Crippen LogP contribution in [0.4, 0.5) is 5.69 Å². The second-order valence-electron chi connectivity index (χ2n) is 8.32. The Labute approximate surface area is 245 Å². The van der Waals surface area contributed by atoms with Crippen LogP contribution < -0.4 is 31.2 Å². The third-order valence-corrected chi connectivity index (χ3v) is 8.92. The highest BCUT2D eigenvalue weighted by atomic mass is 35.5. The van der Waals surface area contributed by atoms with Crippen LogP contribution in [0.5, 0.6) is 11.5 Å². The number of nitrogens with one attached hydrogen (secondary N) is 1. The van der Waals surface area contributed by atoms with Crippen molar-refractivity contribution in [3.63, 3.8) is 0 Å². The van der Waals surface area contributed by atoms with Gasteiger partial charge in [0.25, 0.3) is 5.91 Å². The first-order chi connectivity index (χ1) is 19.0. The molecule has 0 saturated heterocycles. The summed E-state index contributed by atoms with van der Waals surface area (Å²) in [6.07, 6.45) is -1.26. The van der Waals surface area contributed by atoms with Crippen molar-refractivity contribution in [3.05, 3.63) is 68.3 Å². The van der Waals surface area contributed by atoms with Gasteiger partial charge in [0.05, 0.1) is 29.3 Å². The maximum absolute atomic E-state index is 13.4. The van der Waals surface area contributed by atoms with Crippen LogP contribution in [0, 0.1) is 0 Å². The highest BCUT2D eigenvalue weighted by Gasteiger charge is 2.36. The minimum atomic E-state index is -3.61. The largest absolute Gasteiger partial charge is 0.497 e. The van der Waals surface area contributed by atoms with Crippen molar-refractivity contribution in [2.75, 3.05) is 37.5 Å². The molecule has 1 amide bonds. The first-order valence-corrected chi connectivity index (χ1v) is 15.1. The van der Waals surface area contributed by atoms with Gasteiger partial charge in [-0.2, -0.15) is 0 Å². The number of ether oxygens (including phenoxy) is 2. The number of rotatable bonds is 9. The van der Waals surface area contributed by atoms with Gasteiger partial charge in [-0.3, -0.25) is 15.0 Å². The van der Waals surface area contributed by atoms with Crippen molar-refractivity contribution in [2.24, 2.45) is 11.5 Å². The first-order valence-electron chi connectivity index (χ1n) is 11.8. The molecule has 1 aliphatic heterocycles. The number of nitrogens with zero attached hydrogens (tertiary/aromatic N) is 1. The van der Waals surface area contributed by atoms with E-state index in [1.807, 2.05) is 0 Å². The normalized spacial score (nSPS) is 14.4. The highest BCUT2D eigenvalue weighted by molar-refractivity contribution is 7.91. The zero-order chi connectivity index (χ0) is 29.4. The Morgan fingerprint density at radius 1 is 1.18 bits per heavy atom. The summed E-state index contributed by atoms with van der Waals surface area (Å²) in [5.41, 5.74) is 10.7. The third-order valence-electron chi connectivity index (χ3n) is 5.54. The van der Waals surface area contributed by atoms with Crippen molar-refractivity contribution in [3.8, 4) is 11.5 Å². The Morgan fingerprint density at radius 3 is 2.45 bits per heavy atom. The SMILES string of the molecule is COc1ccc2c(c1)N(C(=O)c1scc(CNCS(=O)(=O)c3ccc(Cl)cc3)c1Cl)CC(C(=O)O)O2.NCCN. The topological polar surface area (TPSA) is 174 Å². The number of methoxy groups -OCH3 is 1. The summed E-state index contributed by atoms with van der Waals surface area (Å²) in [6, 6.07) is 10.6. The predicted molar refractivity (Wildman–Crippen MR) is 155 cm³/mol. The number of halogens is 2. The monoisotopic (exact) mass is 630 g/mol. The Hall–Kier alpha value is -2.91. The molecule has 11 nitrogen and oxygen atoms in total. The van der Waals surface area contributed by atoms with E-state index in [-0.39, 0.29) is 39.5 Å². The van der Waals surface area contributed by atoms with Gasteiger partial charge in [-0.15, -0.1) is 11.3 Å². The summed E-state index contributed by atoms with van der Waals surface area (Å²) in [4.78, 5) is 26.7. The number of carboxylic acids is 1. The van der Waals surface area contributed by atoms with Gasteiger partial charge in [0.2, 0.25) is 6.10 Å². The molecule has 2 heterocycles. The smallest absolute Gasteiger partial charge is 0.346 e. The zero-order valence-corrected chi connectivity index (χ0v) is 24.4. The number of hydrogen-bond acceptors (Lipinski definition) is 10. The van der Waals surface area contributed by atoms with Gasteiger partial charge in [0.1, 0.15) is 22.3 Å². The lowest BCUT2D eigenvalue weighted by Gasteiger charge is -2.33. The van der Waals surface area contributed by atoms with Crippen LogP contribution in [-0.2, 0) is 21.2 Å². The van der Waals surface area contributed by atoms with Gasteiger partial charge in [0.15, 0.2) is 9.84 Å². The van der Waals surface area contributed by atoms with Crippen molar-refractivity contribution in [1.82, 2.24) is 5.32 Å². The molecule has 1 aliphatic rings. The van der Waals surface area contributed by atoms with Gasteiger partial charge in [-0.1, -0.05) is 23.2 Å². The molecule has 0 fully saturated rings. The number of carbonyl (C=O) groups excluding carboxylic acids is 1. The number of sulfone groups is 1. The van der Waals surface area contributed by atoms with Crippen LogP contribution in [-0.4, -0.2) is 64.1 Å². The van der Waals surface area contributed by atoms with Crippen LogP contribution >= 0.6 is 34.5 Å². The molecule has 40 heavy (non-hydrogen) atoms. The second-order valence-corrected chi connectivity index (χ2v) is 12.0. The average molecular weight is 632 g/mol. The fourth-order valence-corrected chi connectivity index (χ4v) is 6.04. The molecule has 1 atom stereocenters. The van der Waals surface area contributed by atoms with E-state index in [4.69, 9.17) is 44.1 Å². The molecule has 0 radical (unpaired) electrons. The average Bonchev–Trinajstić information content (AvgIpc) is 3.31. The number of hydrogen-bond donors (Lipinski definition) is 4. The maximum Gasteiger partial charge on any atom is 0.346 e. The summed E-state index contributed by atoms with van der Waals surface area (Å²) in [5, 5.41) is 14.6. The highest BCUT2D eigenvalue weighted by Crippen LogP contribution is 2.39. The standard InChI is InChI=1S/C23H20Cl2N2O7S2.C2H8N2/c1-33-15-4-7-18-17(8-15)27(10-19(34-18)23(29)30)22(28)21-20(25)13(11-35-21)9-26-12-36(31,32)16-5-2-14(24)3-6-16;3-1-2-4/h2-8,11,19,26H,9-10,12H2,1H3,(H,29,30);1-4H2. The van der Waals surface area contributed by atoms with Gasteiger partial charge in [0, 0.05) is 30.7 Å². The number of benzene rings is 2. The first kappa shape index (κ1) is 31.6. The van der Waals surface area contributed by atoms with Gasteiger partial charge >= 0.3 is 5.97 Å². The minimum Gasteiger partial charge on any atom is -0.497 e. The van der Waals surface area contributed by atoms with E-state index in [2.05, 4.69) is 5.32 Å². The molecule has 15 heteroatoms. The number of fused-ring (bicyclic) bond motifs is 1.